The Hall–Kier alpha value is 0.0169. The Morgan fingerprint density at radius 2 is 1.64 bits per heavy atom. The van der Waals surface area contributed by atoms with E-state index in [1.54, 1.807) is 0 Å². The molecule has 1 fully saturated rings. The number of benzene rings is 1. The molecule has 0 atom stereocenters. The molecular weight excluding hydrogens is 231 g/mol. The molecule has 0 N–H and O–H groups in total. The SMILES string of the molecule is Clc1ccc(C2CC[SiH](Cl)CC2)cc1. The average Bonchev–Trinajstić information content (AvgIpc) is 2.21. The Bertz CT molecular complexity index is 289. The fourth-order valence-electron chi connectivity index (χ4n) is 2.12. The predicted octanol–water partition coefficient (Wildman–Crippen LogP) is 4.18. The fraction of sp³-hybridized carbons (Fsp3) is 0.455. The maximum absolute atomic E-state index is 6.21. The summed E-state index contributed by atoms with van der Waals surface area (Å²) in [6.07, 6.45) is 2.56. The molecule has 0 amide bonds. The molecule has 0 radical (unpaired) electrons. The summed E-state index contributed by atoms with van der Waals surface area (Å²) in [4.78, 5) is 0. The van der Waals surface area contributed by atoms with E-state index in [9.17, 15) is 0 Å². The third kappa shape index (κ3) is 2.53. The molecule has 1 aliphatic rings. The maximum atomic E-state index is 6.21. The van der Waals surface area contributed by atoms with Gasteiger partial charge in [-0.3, -0.25) is 0 Å². The van der Waals surface area contributed by atoms with Gasteiger partial charge < -0.3 is 0 Å². The van der Waals surface area contributed by atoms with Crippen LogP contribution in [0, 0.1) is 0 Å². The summed E-state index contributed by atoms with van der Waals surface area (Å²) < 4.78 is 0. The molecule has 1 saturated heterocycles. The molecule has 1 aromatic rings. The highest BCUT2D eigenvalue weighted by molar-refractivity contribution is 7.07. The zero-order chi connectivity index (χ0) is 9.97. The van der Waals surface area contributed by atoms with Crippen LogP contribution in [0.3, 0.4) is 0 Å². The number of halogens is 2. The van der Waals surface area contributed by atoms with Crippen LogP contribution < -0.4 is 0 Å². The van der Waals surface area contributed by atoms with Crippen LogP contribution in [0.1, 0.15) is 24.3 Å². The van der Waals surface area contributed by atoms with E-state index < -0.39 is 8.11 Å². The van der Waals surface area contributed by atoms with E-state index >= 15 is 0 Å². The van der Waals surface area contributed by atoms with Gasteiger partial charge in [-0.15, -0.1) is 0 Å². The number of hydrogen-bond donors (Lipinski definition) is 0. The molecule has 2 rings (SSSR count). The highest BCUT2D eigenvalue weighted by atomic mass is 35.6. The van der Waals surface area contributed by atoms with Crippen LogP contribution in [-0.4, -0.2) is 8.11 Å². The van der Waals surface area contributed by atoms with Crippen molar-refractivity contribution in [3.8, 4) is 0 Å². The van der Waals surface area contributed by atoms with E-state index in [-0.39, 0.29) is 0 Å². The molecule has 1 aromatic carbocycles. The van der Waals surface area contributed by atoms with Gasteiger partial charge >= 0.3 is 0 Å². The Morgan fingerprint density at radius 1 is 1.07 bits per heavy atom. The third-order valence-electron chi connectivity index (χ3n) is 3.00. The largest absolute Gasteiger partial charge is 0.172 e. The summed E-state index contributed by atoms with van der Waals surface area (Å²) in [6.45, 7) is 0. The van der Waals surface area contributed by atoms with Crippen molar-refractivity contribution in [3.63, 3.8) is 0 Å². The molecule has 1 heterocycles. The average molecular weight is 245 g/mol. The summed E-state index contributed by atoms with van der Waals surface area (Å²) in [5.74, 6) is 0.731. The Balaban J connectivity index is 2.05. The number of rotatable bonds is 1. The maximum Gasteiger partial charge on any atom is 0.141 e. The van der Waals surface area contributed by atoms with Crippen LogP contribution >= 0.6 is 22.7 Å². The lowest BCUT2D eigenvalue weighted by Gasteiger charge is -2.24. The first-order valence-electron chi connectivity index (χ1n) is 5.15. The van der Waals surface area contributed by atoms with Gasteiger partial charge in [0.2, 0.25) is 0 Å². The van der Waals surface area contributed by atoms with E-state index in [1.165, 1.54) is 30.5 Å². The van der Waals surface area contributed by atoms with Gasteiger partial charge in [0.1, 0.15) is 8.11 Å². The Kier molecular flexibility index (Phi) is 3.53. The lowest BCUT2D eigenvalue weighted by atomic mass is 9.94. The van der Waals surface area contributed by atoms with Gasteiger partial charge in [-0.1, -0.05) is 23.7 Å². The third-order valence-corrected chi connectivity index (χ3v) is 6.48. The Morgan fingerprint density at radius 3 is 2.21 bits per heavy atom. The summed E-state index contributed by atoms with van der Waals surface area (Å²) in [5.41, 5.74) is 1.44. The molecule has 0 spiro atoms. The highest BCUT2D eigenvalue weighted by Gasteiger charge is 2.21. The van der Waals surface area contributed by atoms with E-state index in [1.807, 2.05) is 12.1 Å². The molecule has 0 bridgehead atoms. The van der Waals surface area contributed by atoms with E-state index in [4.69, 9.17) is 22.7 Å². The minimum atomic E-state index is -0.820. The van der Waals surface area contributed by atoms with Crippen LogP contribution in [0.4, 0.5) is 0 Å². The van der Waals surface area contributed by atoms with Crippen LogP contribution in [0.15, 0.2) is 24.3 Å². The van der Waals surface area contributed by atoms with Crippen LogP contribution in [0.25, 0.3) is 0 Å². The van der Waals surface area contributed by atoms with Gasteiger partial charge in [0, 0.05) is 5.02 Å². The molecule has 0 unspecified atom stereocenters. The highest BCUT2D eigenvalue weighted by Crippen LogP contribution is 2.34. The topological polar surface area (TPSA) is 0 Å². The smallest absolute Gasteiger partial charge is 0.141 e. The van der Waals surface area contributed by atoms with Gasteiger partial charge in [-0.05, 0) is 48.5 Å². The van der Waals surface area contributed by atoms with Crippen molar-refractivity contribution in [2.45, 2.75) is 30.8 Å². The monoisotopic (exact) mass is 244 g/mol. The number of hydrogen-bond acceptors (Lipinski definition) is 0. The lowest BCUT2D eigenvalue weighted by molar-refractivity contribution is 0.613. The van der Waals surface area contributed by atoms with Gasteiger partial charge in [0.05, 0.1) is 0 Å². The Labute approximate surface area is 96.5 Å². The minimum absolute atomic E-state index is 0.731. The minimum Gasteiger partial charge on any atom is -0.172 e. The molecule has 14 heavy (non-hydrogen) atoms. The van der Waals surface area contributed by atoms with Crippen molar-refractivity contribution in [1.82, 2.24) is 0 Å². The molecular formula is C11H14Cl2Si. The van der Waals surface area contributed by atoms with Crippen molar-refractivity contribution < 1.29 is 0 Å². The van der Waals surface area contributed by atoms with Gasteiger partial charge in [0.15, 0.2) is 0 Å². The summed E-state index contributed by atoms with van der Waals surface area (Å²) in [7, 11) is -0.820. The van der Waals surface area contributed by atoms with E-state index in [0.29, 0.717) is 0 Å². The second-order valence-electron chi connectivity index (χ2n) is 4.00. The van der Waals surface area contributed by atoms with Crippen molar-refractivity contribution in [2.24, 2.45) is 0 Å². The standard InChI is InChI=1S/C11H14Cl2Si/c12-11-3-1-9(2-4-11)10-5-7-14(13)8-6-10/h1-4,10,14H,5-8H2. The van der Waals surface area contributed by atoms with Crippen LogP contribution in [-0.2, 0) is 0 Å². The molecule has 3 heteroatoms. The second-order valence-corrected chi connectivity index (χ2v) is 8.64. The van der Waals surface area contributed by atoms with Crippen molar-refractivity contribution >= 4 is 30.8 Å². The molecule has 76 valence electrons. The molecule has 1 aliphatic heterocycles. The fourth-order valence-corrected chi connectivity index (χ4v) is 4.82. The predicted molar refractivity (Wildman–Crippen MR) is 66.0 cm³/mol. The van der Waals surface area contributed by atoms with Gasteiger partial charge in [-0.25, -0.2) is 0 Å². The normalized spacial score (nSPS) is 27.6. The summed E-state index contributed by atoms with van der Waals surface area (Å²) in [6, 6.07) is 10.9. The molecule has 0 saturated carbocycles. The van der Waals surface area contributed by atoms with Gasteiger partial charge in [0.25, 0.3) is 0 Å². The quantitative estimate of drug-likeness (QED) is 0.514. The van der Waals surface area contributed by atoms with Crippen LogP contribution in [0.2, 0.25) is 17.1 Å². The molecule has 0 aliphatic carbocycles. The zero-order valence-electron chi connectivity index (χ0n) is 8.05. The van der Waals surface area contributed by atoms with Crippen molar-refractivity contribution in [3.05, 3.63) is 34.9 Å². The first-order valence-corrected chi connectivity index (χ1v) is 8.91. The lowest BCUT2D eigenvalue weighted by Crippen LogP contribution is -2.14. The zero-order valence-corrected chi connectivity index (χ0v) is 10.7. The van der Waals surface area contributed by atoms with Gasteiger partial charge in [-0.2, -0.15) is 11.1 Å². The van der Waals surface area contributed by atoms with Crippen molar-refractivity contribution in [1.29, 1.82) is 0 Å². The first-order chi connectivity index (χ1) is 6.75. The second kappa shape index (κ2) is 4.69. The van der Waals surface area contributed by atoms with E-state index in [0.717, 1.165) is 10.9 Å². The molecule has 0 aromatic heterocycles. The first kappa shape index (κ1) is 10.5. The van der Waals surface area contributed by atoms with Crippen LogP contribution in [0.5, 0.6) is 0 Å². The summed E-state index contributed by atoms with van der Waals surface area (Å²) in [5, 5.41) is 0.828. The van der Waals surface area contributed by atoms with Crippen molar-refractivity contribution in [2.75, 3.05) is 0 Å². The summed E-state index contributed by atoms with van der Waals surface area (Å²) >= 11 is 12.1. The van der Waals surface area contributed by atoms with E-state index in [2.05, 4.69) is 12.1 Å². The molecule has 0 nitrogen and oxygen atoms in total.